The fourth-order valence-electron chi connectivity index (χ4n) is 3.04. The van der Waals surface area contributed by atoms with E-state index in [4.69, 9.17) is 0 Å². The Morgan fingerprint density at radius 2 is 1.76 bits per heavy atom. The zero-order valence-corrected chi connectivity index (χ0v) is 12.3. The fourth-order valence-corrected chi connectivity index (χ4v) is 3.04. The summed E-state index contributed by atoms with van der Waals surface area (Å²) in [6.07, 6.45) is 1.80. The van der Waals surface area contributed by atoms with Gasteiger partial charge in [-0.1, -0.05) is 60.2 Å². The third kappa shape index (κ3) is 2.84. The summed E-state index contributed by atoms with van der Waals surface area (Å²) in [6, 6.07) is 21.7. The summed E-state index contributed by atoms with van der Waals surface area (Å²) >= 11 is 0. The maximum Gasteiger partial charge on any atom is 0.0852 e. The lowest BCUT2D eigenvalue weighted by atomic mass is 9.62. The molecule has 2 aromatic carbocycles. The molecule has 2 aromatic rings. The van der Waals surface area contributed by atoms with Gasteiger partial charge in [-0.15, -0.1) is 0 Å². The molecule has 0 heterocycles. The molecule has 2 nitrogen and oxygen atoms in total. The maximum absolute atomic E-state index is 9.55. The molecule has 3 rings (SSSR count). The van der Waals surface area contributed by atoms with Crippen molar-refractivity contribution in [2.75, 3.05) is 0 Å². The van der Waals surface area contributed by atoms with Crippen LogP contribution in [0.3, 0.4) is 0 Å². The van der Waals surface area contributed by atoms with Crippen LogP contribution in [-0.4, -0.2) is 6.04 Å². The Kier molecular flexibility index (Phi) is 3.77. The number of nitriles is 1. The second kappa shape index (κ2) is 5.71. The van der Waals surface area contributed by atoms with Gasteiger partial charge in [-0.3, -0.25) is 0 Å². The van der Waals surface area contributed by atoms with Crippen molar-refractivity contribution in [2.45, 2.75) is 37.8 Å². The summed E-state index contributed by atoms with van der Waals surface area (Å²) in [5, 5.41) is 13.1. The summed E-state index contributed by atoms with van der Waals surface area (Å²) in [6.45, 7) is 2.98. The topological polar surface area (TPSA) is 35.8 Å². The molecule has 1 aliphatic rings. The Hall–Kier alpha value is -2.11. The first-order chi connectivity index (χ1) is 10.2. The van der Waals surface area contributed by atoms with Crippen LogP contribution in [0, 0.1) is 18.3 Å². The molecule has 21 heavy (non-hydrogen) atoms. The second-order valence-corrected chi connectivity index (χ2v) is 6.03. The van der Waals surface area contributed by atoms with E-state index < -0.39 is 0 Å². The van der Waals surface area contributed by atoms with E-state index in [9.17, 15) is 5.26 Å². The van der Waals surface area contributed by atoms with Crippen molar-refractivity contribution in [1.82, 2.24) is 5.32 Å². The number of aryl methyl sites for hydroxylation is 1. The third-order valence-corrected chi connectivity index (χ3v) is 4.45. The van der Waals surface area contributed by atoms with Gasteiger partial charge in [-0.05, 0) is 30.9 Å². The van der Waals surface area contributed by atoms with Crippen LogP contribution in [0.25, 0.3) is 0 Å². The standard InChI is InChI=1S/C19H20N2/c1-15-7-9-16(10-8-15)13-21-18-11-19(12-18,14-20)17-5-3-2-4-6-17/h2-10,18,21H,11-13H2,1H3. The Labute approximate surface area is 126 Å². The van der Waals surface area contributed by atoms with Crippen LogP contribution >= 0.6 is 0 Å². The van der Waals surface area contributed by atoms with Crippen molar-refractivity contribution in [1.29, 1.82) is 5.26 Å². The Balaban J connectivity index is 1.58. The Morgan fingerprint density at radius 1 is 1.10 bits per heavy atom. The molecule has 0 atom stereocenters. The molecular formula is C19H20N2. The van der Waals surface area contributed by atoms with Crippen LogP contribution in [0.15, 0.2) is 54.6 Å². The minimum atomic E-state index is -0.286. The molecule has 2 heteroatoms. The van der Waals surface area contributed by atoms with Gasteiger partial charge < -0.3 is 5.32 Å². The molecule has 0 aliphatic heterocycles. The molecule has 1 N–H and O–H groups in total. The lowest BCUT2D eigenvalue weighted by molar-refractivity contribution is 0.225. The highest BCUT2D eigenvalue weighted by Gasteiger charge is 2.45. The van der Waals surface area contributed by atoms with Crippen molar-refractivity contribution in [3.63, 3.8) is 0 Å². The van der Waals surface area contributed by atoms with Gasteiger partial charge in [-0.25, -0.2) is 0 Å². The maximum atomic E-state index is 9.55. The van der Waals surface area contributed by atoms with Gasteiger partial charge in [0.25, 0.3) is 0 Å². The van der Waals surface area contributed by atoms with Crippen LogP contribution < -0.4 is 5.32 Å². The molecule has 0 saturated heterocycles. The van der Waals surface area contributed by atoms with Crippen LogP contribution in [0.1, 0.15) is 29.5 Å². The van der Waals surface area contributed by atoms with E-state index in [2.05, 4.69) is 54.7 Å². The highest BCUT2D eigenvalue weighted by molar-refractivity contribution is 5.37. The monoisotopic (exact) mass is 276 g/mol. The predicted molar refractivity (Wildman–Crippen MR) is 84.8 cm³/mol. The summed E-state index contributed by atoms with van der Waals surface area (Å²) < 4.78 is 0. The largest absolute Gasteiger partial charge is 0.310 e. The summed E-state index contributed by atoms with van der Waals surface area (Å²) in [5.74, 6) is 0. The smallest absolute Gasteiger partial charge is 0.0852 e. The number of benzene rings is 2. The highest BCUT2D eigenvalue weighted by Crippen LogP contribution is 2.43. The van der Waals surface area contributed by atoms with E-state index in [1.54, 1.807) is 0 Å². The molecule has 0 unspecified atom stereocenters. The number of hydrogen-bond donors (Lipinski definition) is 1. The second-order valence-electron chi connectivity index (χ2n) is 6.03. The van der Waals surface area contributed by atoms with E-state index in [1.165, 1.54) is 11.1 Å². The molecule has 0 amide bonds. The van der Waals surface area contributed by atoms with Gasteiger partial charge in [0.15, 0.2) is 0 Å². The van der Waals surface area contributed by atoms with Gasteiger partial charge in [0.1, 0.15) is 0 Å². The van der Waals surface area contributed by atoms with Crippen LogP contribution in [0.4, 0.5) is 0 Å². The van der Waals surface area contributed by atoms with Crippen molar-refractivity contribution < 1.29 is 0 Å². The summed E-state index contributed by atoms with van der Waals surface area (Å²) in [7, 11) is 0. The Bertz CT molecular complexity index is 632. The average molecular weight is 276 g/mol. The van der Waals surface area contributed by atoms with Gasteiger partial charge in [0, 0.05) is 12.6 Å². The minimum Gasteiger partial charge on any atom is -0.310 e. The van der Waals surface area contributed by atoms with E-state index in [0.29, 0.717) is 6.04 Å². The minimum absolute atomic E-state index is 0.286. The van der Waals surface area contributed by atoms with Gasteiger partial charge >= 0.3 is 0 Å². The van der Waals surface area contributed by atoms with Crippen molar-refractivity contribution in [2.24, 2.45) is 0 Å². The van der Waals surface area contributed by atoms with Crippen LogP contribution in [-0.2, 0) is 12.0 Å². The number of nitrogens with zero attached hydrogens (tertiary/aromatic N) is 1. The normalized spacial score (nSPS) is 24.1. The number of nitrogens with one attached hydrogen (secondary N) is 1. The molecule has 0 radical (unpaired) electrons. The van der Waals surface area contributed by atoms with E-state index in [0.717, 1.165) is 24.9 Å². The van der Waals surface area contributed by atoms with Crippen molar-refractivity contribution >= 4 is 0 Å². The SMILES string of the molecule is Cc1ccc(CNC2CC(C#N)(c3ccccc3)C2)cc1. The molecule has 1 fully saturated rings. The van der Waals surface area contributed by atoms with Gasteiger partial charge in [-0.2, -0.15) is 5.26 Å². The van der Waals surface area contributed by atoms with E-state index in [-0.39, 0.29) is 5.41 Å². The molecular weight excluding hydrogens is 256 g/mol. The first-order valence-electron chi connectivity index (χ1n) is 7.48. The number of hydrogen-bond acceptors (Lipinski definition) is 2. The fraction of sp³-hybridized carbons (Fsp3) is 0.316. The molecule has 1 saturated carbocycles. The zero-order chi connectivity index (χ0) is 14.7. The average Bonchev–Trinajstić information content (AvgIpc) is 2.49. The molecule has 1 aliphatic carbocycles. The summed E-state index contributed by atoms with van der Waals surface area (Å²) in [4.78, 5) is 0. The number of rotatable bonds is 4. The van der Waals surface area contributed by atoms with Crippen LogP contribution in [0.5, 0.6) is 0 Å². The summed E-state index contributed by atoms with van der Waals surface area (Å²) in [5.41, 5.74) is 3.46. The van der Waals surface area contributed by atoms with Gasteiger partial charge in [0.2, 0.25) is 0 Å². The lowest BCUT2D eigenvalue weighted by Gasteiger charge is -2.43. The molecule has 106 valence electrons. The molecule has 0 aromatic heterocycles. The van der Waals surface area contributed by atoms with E-state index >= 15 is 0 Å². The first kappa shape index (κ1) is 13.9. The highest BCUT2D eigenvalue weighted by atomic mass is 14.9. The zero-order valence-electron chi connectivity index (χ0n) is 12.3. The third-order valence-electron chi connectivity index (χ3n) is 4.45. The van der Waals surface area contributed by atoms with Crippen molar-refractivity contribution in [3.05, 3.63) is 71.3 Å². The quantitative estimate of drug-likeness (QED) is 0.924. The predicted octanol–water partition coefficient (Wildman–Crippen LogP) is 3.71. The Morgan fingerprint density at radius 3 is 2.38 bits per heavy atom. The van der Waals surface area contributed by atoms with E-state index in [1.807, 2.05) is 18.2 Å². The van der Waals surface area contributed by atoms with Gasteiger partial charge in [0.05, 0.1) is 11.5 Å². The molecule has 0 spiro atoms. The first-order valence-corrected chi connectivity index (χ1v) is 7.48. The molecule has 0 bridgehead atoms. The van der Waals surface area contributed by atoms with Crippen molar-refractivity contribution in [3.8, 4) is 6.07 Å². The lowest BCUT2D eigenvalue weighted by Crippen LogP contribution is -2.50. The van der Waals surface area contributed by atoms with Crippen LogP contribution in [0.2, 0.25) is 0 Å².